The van der Waals surface area contributed by atoms with Crippen LogP contribution in [0.3, 0.4) is 0 Å². The molecule has 120 valence electrons. The third kappa shape index (κ3) is 2.14. The van der Waals surface area contributed by atoms with Crippen molar-refractivity contribution < 1.29 is 0 Å². The summed E-state index contributed by atoms with van der Waals surface area (Å²) in [5, 5.41) is 7.21. The number of rotatable bonds is 2. The van der Waals surface area contributed by atoms with Crippen LogP contribution in [0.5, 0.6) is 0 Å². The van der Waals surface area contributed by atoms with E-state index in [-0.39, 0.29) is 0 Å². The molecule has 0 saturated carbocycles. The van der Waals surface area contributed by atoms with Crippen LogP contribution in [-0.2, 0) is 19.4 Å². The number of fused-ring (bicyclic) bond motifs is 2. The van der Waals surface area contributed by atoms with E-state index >= 15 is 0 Å². The molecular formula is C18H18N6. The largest absolute Gasteiger partial charge is 0.338 e. The Morgan fingerprint density at radius 3 is 2.83 bits per heavy atom. The molecule has 24 heavy (non-hydrogen) atoms. The second kappa shape index (κ2) is 5.33. The van der Waals surface area contributed by atoms with E-state index in [1.54, 1.807) is 0 Å². The molecule has 2 aromatic heterocycles. The molecule has 0 bridgehead atoms. The molecule has 3 aromatic rings. The van der Waals surface area contributed by atoms with E-state index < -0.39 is 0 Å². The highest BCUT2D eigenvalue weighted by atomic mass is 15.3. The Morgan fingerprint density at radius 1 is 1.00 bits per heavy atom. The van der Waals surface area contributed by atoms with Gasteiger partial charge in [-0.25, -0.2) is 9.97 Å². The number of nitrogens with zero attached hydrogens (tertiary/aromatic N) is 5. The lowest BCUT2D eigenvalue weighted by Crippen LogP contribution is -2.31. The number of hydrogen-bond donors (Lipinski definition) is 1. The minimum atomic E-state index is 0.826. The molecule has 1 aromatic carbocycles. The first-order valence-electron chi connectivity index (χ1n) is 8.33. The Hall–Kier alpha value is -2.89. The van der Waals surface area contributed by atoms with E-state index in [9.17, 15) is 0 Å². The van der Waals surface area contributed by atoms with E-state index in [1.807, 2.05) is 18.5 Å². The summed E-state index contributed by atoms with van der Waals surface area (Å²) in [4.78, 5) is 14.0. The molecule has 0 saturated heterocycles. The number of benzene rings is 1. The fourth-order valence-corrected chi connectivity index (χ4v) is 3.57. The summed E-state index contributed by atoms with van der Waals surface area (Å²) in [5.74, 6) is 0.829. The number of hydrogen-bond acceptors (Lipinski definition) is 5. The van der Waals surface area contributed by atoms with Gasteiger partial charge in [-0.15, -0.1) is 0 Å². The Bertz CT molecular complexity index is 872. The van der Waals surface area contributed by atoms with Crippen LogP contribution in [0.4, 0.5) is 17.3 Å². The van der Waals surface area contributed by atoms with Crippen LogP contribution in [0.2, 0.25) is 0 Å². The minimum Gasteiger partial charge on any atom is -0.338 e. The first kappa shape index (κ1) is 13.5. The molecule has 6 heteroatoms. The molecule has 0 radical (unpaired) electrons. The van der Waals surface area contributed by atoms with E-state index in [4.69, 9.17) is 4.98 Å². The van der Waals surface area contributed by atoms with Crippen molar-refractivity contribution in [3.8, 4) is 0 Å². The fourth-order valence-electron chi connectivity index (χ4n) is 3.57. The van der Waals surface area contributed by atoms with Crippen LogP contribution in [0.15, 0.2) is 42.7 Å². The molecule has 0 amide bonds. The van der Waals surface area contributed by atoms with Crippen molar-refractivity contribution in [3.05, 3.63) is 59.7 Å². The predicted molar refractivity (Wildman–Crippen MR) is 92.5 cm³/mol. The van der Waals surface area contributed by atoms with Crippen LogP contribution < -0.4 is 9.80 Å². The standard InChI is InChI=1S/C18H18N6/c1-2-4-14(5-3-1)24-9-7-16-17(24)11-19-18(21-16)23-8-6-15-13(12-23)10-20-22-15/h1-5,10-11H,6-9,12H2,(H,20,22). The summed E-state index contributed by atoms with van der Waals surface area (Å²) in [6.45, 7) is 2.72. The van der Waals surface area contributed by atoms with Gasteiger partial charge >= 0.3 is 0 Å². The van der Waals surface area contributed by atoms with E-state index in [0.717, 1.165) is 49.8 Å². The van der Waals surface area contributed by atoms with Crippen LogP contribution >= 0.6 is 0 Å². The van der Waals surface area contributed by atoms with Crippen molar-refractivity contribution in [1.29, 1.82) is 0 Å². The zero-order chi connectivity index (χ0) is 15.9. The Balaban J connectivity index is 1.44. The smallest absolute Gasteiger partial charge is 0.225 e. The molecule has 4 heterocycles. The summed E-state index contributed by atoms with van der Waals surface area (Å²) >= 11 is 0. The summed E-state index contributed by atoms with van der Waals surface area (Å²) in [5.41, 5.74) is 5.96. The Morgan fingerprint density at radius 2 is 1.92 bits per heavy atom. The normalized spacial score (nSPS) is 16.2. The average Bonchev–Trinajstić information content (AvgIpc) is 3.28. The highest BCUT2D eigenvalue weighted by molar-refractivity contribution is 5.68. The highest BCUT2D eigenvalue weighted by Crippen LogP contribution is 2.34. The van der Waals surface area contributed by atoms with Gasteiger partial charge in [0.25, 0.3) is 0 Å². The monoisotopic (exact) mass is 318 g/mol. The molecule has 0 aliphatic carbocycles. The van der Waals surface area contributed by atoms with Gasteiger partial charge in [0.1, 0.15) is 0 Å². The lowest BCUT2D eigenvalue weighted by molar-refractivity contribution is 0.696. The summed E-state index contributed by atoms with van der Waals surface area (Å²) < 4.78 is 0. The van der Waals surface area contributed by atoms with Gasteiger partial charge in [-0.3, -0.25) is 5.10 Å². The second-order valence-electron chi connectivity index (χ2n) is 6.28. The topological polar surface area (TPSA) is 60.9 Å². The molecule has 0 spiro atoms. The number of H-pyrrole nitrogens is 1. The molecule has 0 fully saturated rings. The molecule has 0 unspecified atom stereocenters. The van der Waals surface area contributed by atoms with E-state index in [0.29, 0.717) is 0 Å². The van der Waals surface area contributed by atoms with Crippen molar-refractivity contribution in [1.82, 2.24) is 20.2 Å². The Labute approximate surface area is 140 Å². The van der Waals surface area contributed by atoms with Gasteiger partial charge in [-0.2, -0.15) is 5.10 Å². The van der Waals surface area contributed by atoms with Gasteiger partial charge in [0.2, 0.25) is 5.95 Å². The third-order valence-electron chi connectivity index (χ3n) is 4.85. The van der Waals surface area contributed by atoms with Gasteiger partial charge in [0, 0.05) is 49.4 Å². The quantitative estimate of drug-likeness (QED) is 0.786. The molecule has 6 nitrogen and oxygen atoms in total. The van der Waals surface area contributed by atoms with Crippen molar-refractivity contribution in [2.24, 2.45) is 0 Å². The SMILES string of the molecule is c1ccc(N2CCc3nc(N4CCc5[nH]ncc5C4)ncc32)cc1. The van der Waals surface area contributed by atoms with Crippen LogP contribution in [-0.4, -0.2) is 33.3 Å². The highest BCUT2D eigenvalue weighted by Gasteiger charge is 2.25. The maximum atomic E-state index is 4.85. The average molecular weight is 318 g/mol. The molecule has 5 rings (SSSR count). The molecule has 2 aliphatic heterocycles. The predicted octanol–water partition coefficient (Wildman–Crippen LogP) is 2.46. The lowest BCUT2D eigenvalue weighted by atomic mass is 10.1. The van der Waals surface area contributed by atoms with Gasteiger partial charge in [0.05, 0.1) is 23.8 Å². The van der Waals surface area contributed by atoms with Crippen molar-refractivity contribution in [3.63, 3.8) is 0 Å². The number of aromatic amines is 1. The van der Waals surface area contributed by atoms with Crippen LogP contribution in [0, 0.1) is 0 Å². The van der Waals surface area contributed by atoms with Gasteiger partial charge in [0.15, 0.2) is 0 Å². The van der Waals surface area contributed by atoms with Gasteiger partial charge in [-0.1, -0.05) is 18.2 Å². The minimum absolute atomic E-state index is 0.826. The summed E-state index contributed by atoms with van der Waals surface area (Å²) in [7, 11) is 0. The van der Waals surface area contributed by atoms with Crippen molar-refractivity contribution >= 4 is 17.3 Å². The maximum Gasteiger partial charge on any atom is 0.225 e. The van der Waals surface area contributed by atoms with Crippen LogP contribution in [0.1, 0.15) is 17.0 Å². The number of aromatic nitrogens is 4. The van der Waals surface area contributed by atoms with E-state index in [1.165, 1.54) is 16.9 Å². The molecular weight excluding hydrogens is 300 g/mol. The van der Waals surface area contributed by atoms with E-state index in [2.05, 4.69) is 49.2 Å². The zero-order valence-electron chi connectivity index (χ0n) is 13.3. The number of para-hydroxylation sites is 1. The molecule has 2 aliphatic rings. The lowest BCUT2D eigenvalue weighted by Gasteiger charge is -2.27. The molecule has 1 N–H and O–H groups in total. The Kier molecular flexibility index (Phi) is 3.01. The summed E-state index contributed by atoms with van der Waals surface area (Å²) in [6.07, 6.45) is 5.81. The number of nitrogens with one attached hydrogen (secondary N) is 1. The first-order chi connectivity index (χ1) is 11.9. The molecule has 0 atom stereocenters. The number of anilines is 3. The fraction of sp³-hybridized carbons (Fsp3) is 0.278. The van der Waals surface area contributed by atoms with Gasteiger partial charge < -0.3 is 9.80 Å². The maximum absolute atomic E-state index is 4.85. The second-order valence-corrected chi connectivity index (χ2v) is 6.28. The van der Waals surface area contributed by atoms with Gasteiger partial charge in [-0.05, 0) is 12.1 Å². The first-order valence-corrected chi connectivity index (χ1v) is 8.33. The third-order valence-corrected chi connectivity index (χ3v) is 4.85. The zero-order valence-corrected chi connectivity index (χ0v) is 13.3. The van der Waals surface area contributed by atoms with Crippen LogP contribution in [0.25, 0.3) is 0 Å². The summed E-state index contributed by atoms with van der Waals surface area (Å²) in [6, 6.07) is 10.4. The van der Waals surface area contributed by atoms with Crippen molar-refractivity contribution in [2.45, 2.75) is 19.4 Å². The van der Waals surface area contributed by atoms with Crippen molar-refractivity contribution in [2.75, 3.05) is 22.9 Å².